The van der Waals surface area contributed by atoms with E-state index in [0.717, 1.165) is 49.6 Å². The first-order chi connectivity index (χ1) is 22.3. The van der Waals surface area contributed by atoms with E-state index in [1.54, 1.807) is 0 Å². The van der Waals surface area contributed by atoms with Gasteiger partial charge in [0.2, 0.25) is 0 Å². The molecule has 6 nitrogen and oxygen atoms in total. The van der Waals surface area contributed by atoms with Gasteiger partial charge >= 0.3 is 7.12 Å². The Labute approximate surface area is 268 Å². The molecule has 0 spiro atoms. The number of benzene rings is 5. The fourth-order valence-electron chi connectivity index (χ4n) is 6.10. The minimum atomic E-state index is -0.460. The first kappa shape index (κ1) is 28.4. The normalized spacial score (nSPS) is 15.5. The largest absolute Gasteiger partial charge is 0.494 e. The van der Waals surface area contributed by atoms with Gasteiger partial charge in [0, 0.05) is 33.2 Å². The van der Waals surface area contributed by atoms with Gasteiger partial charge in [0.1, 0.15) is 0 Å². The fraction of sp³-hybridized carbons (Fsp3) is 0.154. The maximum Gasteiger partial charge on any atom is 0.494 e. The van der Waals surface area contributed by atoms with E-state index in [2.05, 4.69) is 92.9 Å². The molecule has 0 bridgehead atoms. The maximum absolute atomic E-state index is 6.45. The van der Waals surface area contributed by atoms with E-state index in [9.17, 15) is 0 Å². The fourth-order valence-corrected chi connectivity index (χ4v) is 6.10. The summed E-state index contributed by atoms with van der Waals surface area (Å²) in [5.74, 6) is 1.90. The lowest BCUT2D eigenvalue weighted by molar-refractivity contribution is 0.00578. The van der Waals surface area contributed by atoms with E-state index in [0.29, 0.717) is 17.5 Å². The predicted octanol–water partition coefficient (Wildman–Crippen LogP) is 8.27. The second kappa shape index (κ2) is 10.8. The molecular formula is C39H33BN4O2. The summed E-state index contributed by atoms with van der Waals surface area (Å²) in [6.07, 6.45) is 0. The van der Waals surface area contributed by atoms with Crippen molar-refractivity contribution in [1.29, 1.82) is 0 Å². The molecule has 7 aromatic rings. The third-order valence-corrected chi connectivity index (χ3v) is 9.29. The van der Waals surface area contributed by atoms with Gasteiger partial charge in [-0.1, -0.05) is 91.0 Å². The highest BCUT2D eigenvalue weighted by molar-refractivity contribution is 6.62. The van der Waals surface area contributed by atoms with E-state index in [-0.39, 0.29) is 0 Å². The lowest BCUT2D eigenvalue weighted by Gasteiger charge is -2.32. The van der Waals surface area contributed by atoms with Crippen LogP contribution in [0.1, 0.15) is 27.7 Å². The van der Waals surface area contributed by atoms with Crippen molar-refractivity contribution < 1.29 is 9.31 Å². The van der Waals surface area contributed by atoms with Gasteiger partial charge in [0.25, 0.3) is 0 Å². The van der Waals surface area contributed by atoms with Crippen LogP contribution in [0.2, 0.25) is 0 Å². The van der Waals surface area contributed by atoms with Crippen molar-refractivity contribution >= 4 is 34.4 Å². The lowest BCUT2D eigenvalue weighted by Crippen LogP contribution is -2.41. The molecule has 5 aromatic carbocycles. The van der Waals surface area contributed by atoms with E-state index in [1.807, 2.05) is 66.7 Å². The number of hydrogen-bond donors (Lipinski definition) is 0. The lowest BCUT2D eigenvalue weighted by atomic mass is 9.78. The molecule has 3 heterocycles. The number of para-hydroxylation sites is 1. The van der Waals surface area contributed by atoms with Gasteiger partial charge in [-0.25, -0.2) is 15.0 Å². The summed E-state index contributed by atoms with van der Waals surface area (Å²) in [4.78, 5) is 14.9. The molecule has 0 amide bonds. The highest BCUT2D eigenvalue weighted by Crippen LogP contribution is 2.38. The van der Waals surface area contributed by atoms with Crippen LogP contribution in [0.15, 0.2) is 127 Å². The summed E-state index contributed by atoms with van der Waals surface area (Å²) in [5, 5.41) is 2.20. The van der Waals surface area contributed by atoms with Gasteiger partial charge in [-0.05, 0) is 69.6 Å². The zero-order chi connectivity index (χ0) is 31.5. The van der Waals surface area contributed by atoms with Crippen LogP contribution in [0.5, 0.6) is 0 Å². The van der Waals surface area contributed by atoms with Crippen LogP contribution >= 0.6 is 0 Å². The Morgan fingerprint density at radius 3 is 1.50 bits per heavy atom. The van der Waals surface area contributed by atoms with Crippen molar-refractivity contribution in [3.05, 3.63) is 127 Å². The third-order valence-electron chi connectivity index (χ3n) is 9.29. The van der Waals surface area contributed by atoms with Gasteiger partial charge in [-0.15, -0.1) is 0 Å². The van der Waals surface area contributed by atoms with Gasteiger partial charge in [-0.2, -0.15) is 0 Å². The molecule has 0 saturated carbocycles. The SMILES string of the molecule is CC1(C)OB(c2ccc3c(c2)c2cc(-c4nc(-c5ccccc5)nc(-c5ccccc5)n4)ccc2n3-c2ccccc2)OC1(C)C. The molecule has 46 heavy (non-hydrogen) atoms. The molecule has 2 aromatic heterocycles. The molecule has 0 aliphatic carbocycles. The molecule has 1 saturated heterocycles. The first-order valence-electron chi connectivity index (χ1n) is 15.6. The predicted molar refractivity (Wildman–Crippen MR) is 186 cm³/mol. The van der Waals surface area contributed by atoms with Crippen LogP contribution in [-0.2, 0) is 9.31 Å². The highest BCUT2D eigenvalue weighted by Gasteiger charge is 2.51. The van der Waals surface area contributed by atoms with Crippen molar-refractivity contribution in [3.8, 4) is 39.9 Å². The van der Waals surface area contributed by atoms with Gasteiger partial charge in [0.05, 0.1) is 22.2 Å². The van der Waals surface area contributed by atoms with E-state index in [1.165, 1.54) is 0 Å². The third kappa shape index (κ3) is 4.80. The molecule has 1 aliphatic rings. The van der Waals surface area contributed by atoms with Crippen LogP contribution in [0.25, 0.3) is 61.7 Å². The quantitative estimate of drug-likeness (QED) is 0.186. The summed E-state index contributed by atoms with van der Waals surface area (Å²) >= 11 is 0. The van der Waals surface area contributed by atoms with E-state index < -0.39 is 18.3 Å². The minimum absolute atomic E-state index is 0.427. The molecule has 1 aliphatic heterocycles. The molecule has 1 fully saturated rings. The average Bonchev–Trinajstić information content (AvgIpc) is 3.53. The minimum Gasteiger partial charge on any atom is -0.399 e. The van der Waals surface area contributed by atoms with Crippen molar-refractivity contribution in [1.82, 2.24) is 19.5 Å². The second-order valence-electron chi connectivity index (χ2n) is 12.8. The number of hydrogen-bond acceptors (Lipinski definition) is 5. The standard InChI is InChI=1S/C39H33BN4O2/c1-38(2)39(3,4)46-40(45-38)29-21-23-34-32(25-29)31-24-28(20-22-33(31)44(34)30-18-12-7-13-19-30)37-42-35(26-14-8-5-9-15-26)41-36(43-37)27-16-10-6-11-17-27/h5-25H,1-4H3. The van der Waals surface area contributed by atoms with Gasteiger partial charge < -0.3 is 13.9 Å². The molecule has 8 rings (SSSR count). The zero-order valence-corrected chi connectivity index (χ0v) is 26.3. The van der Waals surface area contributed by atoms with Crippen molar-refractivity contribution in [2.75, 3.05) is 0 Å². The maximum atomic E-state index is 6.45. The smallest absolute Gasteiger partial charge is 0.399 e. The zero-order valence-electron chi connectivity index (χ0n) is 26.3. The number of rotatable bonds is 5. The van der Waals surface area contributed by atoms with Crippen LogP contribution in [0, 0.1) is 0 Å². The van der Waals surface area contributed by atoms with Gasteiger partial charge in [-0.3, -0.25) is 0 Å². The number of aromatic nitrogens is 4. The van der Waals surface area contributed by atoms with Crippen molar-refractivity contribution in [2.24, 2.45) is 0 Å². The topological polar surface area (TPSA) is 62.1 Å². The Kier molecular flexibility index (Phi) is 6.64. The highest BCUT2D eigenvalue weighted by atomic mass is 16.7. The summed E-state index contributed by atoms with van der Waals surface area (Å²) in [5.41, 5.74) is 6.22. The Bertz CT molecular complexity index is 2140. The first-order valence-corrected chi connectivity index (χ1v) is 15.6. The summed E-state index contributed by atoms with van der Waals surface area (Å²) < 4.78 is 15.2. The monoisotopic (exact) mass is 600 g/mol. The summed E-state index contributed by atoms with van der Waals surface area (Å²) in [6.45, 7) is 8.34. The Morgan fingerprint density at radius 2 is 0.957 bits per heavy atom. The molecule has 0 N–H and O–H groups in total. The van der Waals surface area contributed by atoms with Crippen LogP contribution in [-0.4, -0.2) is 37.8 Å². The average molecular weight is 601 g/mol. The van der Waals surface area contributed by atoms with Crippen LogP contribution in [0.4, 0.5) is 0 Å². The summed E-state index contributed by atoms with van der Waals surface area (Å²) in [7, 11) is -0.460. The second-order valence-corrected chi connectivity index (χ2v) is 12.8. The van der Waals surface area contributed by atoms with Crippen molar-refractivity contribution in [3.63, 3.8) is 0 Å². The molecule has 224 valence electrons. The molecule has 7 heteroatoms. The Hall–Kier alpha value is -5.11. The summed E-state index contributed by atoms with van der Waals surface area (Å²) in [6, 6.07) is 43.6. The van der Waals surface area contributed by atoms with Crippen molar-refractivity contribution in [2.45, 2.75) is 38.9 Å². The molecular weight excluding hydrogens is 567 g/mol. The van der Waals surface area contributed by atoms with Crippen LogP contribution < -0.4 is 5.46 Å². The molecule has 0 atom stereocenters. The molecule has 0 radical (unpaired) electrons. The van der Waals surface area contributed by atoms with Crippen LogP contribution in [0.3, 0.4) is 0 Å². The number of fused-ring (bicyclic) bond motifs is 3. The molecule has 0 unspecified atom stereocenters. The number of nitrogens with zero attached hydrogens (tertiary/aromatic N) is 4. The van der Waals surface area contributed by atoms with Gasteiger partial charge in [0.15, 0.2) is 17.5 Å². The van der Waals surface area contributed by atoms with E-state index in [4.69, 9.17) is 24.3 Å². The Balaban J connectivity index is 1.34. The van der Waals surface area contributed by atoms with E-state index >= 15 is 0 Å². The Morgan fingerprint density at radius 1 is 0.500 bits per heavy atom.